The van der Waals surface area contributed by atoms with Gasteiger partial charge >= 0.3 is 10.2 Å². The molecule has 0 fully saturated rings. The van der Waals surface area contributed by atoms with Crippen LogP contribution in [0.3, 0.4) is 0 Å². The summed E-state index contributed by atoms with van der Waals surface area (Å²) in [6, 6.07) is 13.1. The molecule has 2 aromatic rings. The van der Waals surface area contributed by atoms with Gasteiger partial charge in [-0.2, -0.15) is 12.7 Å². The van der Waals surface area contributed by atoms with E-state index in [1.807, 2.05) is 30.3 Å². The summed E-state index contributed by atoms with van der Waals surface area (Å²) in [7, 11) is -1.38. The first kappa shape index (κ1) is 25.3. The summed E-state index contributed by atoms with van der Waals surface area (Å²) < 4.78 is 41.2. The van der Waals surface area contributed by atoms with Crippen molar-refractivity contribution in [3.63, 3.8) is 0 Å². The van der Waals surface area contributed by atoms with Gasteiger partial charge in [-0.25, -0.2) is 8.70 Å². The zero-order chi connectivity index (χ0) is 23.9. The predicted octanol–water partition coefficient (Wildman–Crippen LogP) is 1.99. The van der Waals surface area contributed by atoms with Gasteiger partial charge in [0.15, 0.2) is 0 Å². The Balaban J connectivity index is 2.41. The summed E-state index contributed by atoms with van der Waals surface area (Å²) in [6.07, 6.45) is 0. The largest absolute Gasteiger partial charge is 0.355 e. The highest BCUT2D eigenvalue weighted by Crippen LogP contribution is 2.21. The van der Waals surface area contributed by atoms with Crippen LogP contribution in [0.1, 0.15) is 19.4 Å². The summed E-state index contributed by atoms with van der Waals surface area (Å²) >= 11 is 0. The summed E-state index contributed by atoms with van der Waals surface area (Å²) in [5.41, 5.74) is 0.930. The van der Waals surface area contributed by atoms with Crippen LogP contribution in [0.25, 0.3) is 0 Å². The van der Waals surface area contributed by atoms with E-state index >= 15 is 0 Å². The highest BCUT2D eigenvalue weighted by atomic mass is 32.2. The topological polar surface area (TPSA) is 90.0 Å². The van der Waals surface area contributed by atoms with Gasteiger partial charge in [-0.05, 0) is 43.7 Å². The fraction of sp³-hybridized carbons (Fsp3) is 0.364. The third kappa shape index (κ3) is 6.27. The molecule has 0 bridgehead atoms. The summed E-state index contributed by atoms with van der Waals surface area (Å²) in [4.78, 5) is 27.2. The molecular weight excluding hydrogens is 435 g/mol. The number of likely N-dealkylation sites (N-methyl/N-ethyl adjacent to an activating group) is 1. The second kappa shape index (κ2) is 11.1. The third-order valence-corrected chi connectivity index (χ3v) is 6.67. The van der Waals surface area contributed by atoms with E-state index in [0.29, 0.717) is 6.54 Å². The summed E-state index contributed by atoms with van der Waals surface area (Å²) in [5, 5.41) is 2.69. The van der Waals surface area contributed by atoms with Crippen LogP contribution in [0.15, 0.2) is 54.6 Å². The molecule has 2 amide bonds. The normalized spacial score (nSPS) is 12.3. The fourth-order valence-electron chi connectivity index (χ4n) is 3.01. The van der Waals surface area contributed by atoms with Gasteiger partial charge < -0.3 is 10.2 Å². The van der Waals surface area contributed by atoms with Crippen molar-refractivity contribution >= 4 is 27.7 Å². The first-order valence-corrected chi connectivity index (χ1v) is 11.5. The maximum Gasteiger partial charge on any atom is 0.304 e. The van der Waals surface area contributed by atoms with Crippen LogP contribution in [0.2, 0.25) is 0 Å². The molecule has 0 aliphatic heterocycles. The number of hydrogen-bond acceptors (Lipinski definition) is 4. The zero-order valence-corrected chi connectivity index (χ0v) is 19.5. The second-order valence-electron chi connectivity index (χ2n) is 7.35. The quantitative estimate of drug-likeness (QED) is 0.582. The van der Waals surface area contributed by atoms with Gasteiger partial charge in [-0.3, -0.25) is 9.59 Å². The molecule has 0 aliphatic carbocycles. The number of anilines is 1. The lowest BCUT2D eigenvalue weighted by molar-refractivity contribution is -0.139. The number of amides is 2. The fourth-order valence-corrected chi connectivity index (χ4v) is 4.06. The van der Waals surface area contributed by atoms with Gasteiger partial charge in [-0.15, -0.1) is 0 Å². The zero-order valence-electron chi connectivity index (χ0n) is 18.7. The first-order chi connectivity index (χ1) is 15.1. The molecule has 0 saturated carbocycles. The molecule has 1 unspecified atom stereocenters. The minimum atomic E-state index is -4.07. The molecule has 8 nitrogen and oxygen atoms in total. The monoisotopic (exact) mass is 464 g/mol. The maximum absolute atomic E-state index is 13.4. The Labute approximate surface area is 188 Å². The van der Waals surface area contributed by atoms with Gasteiger partial charge in [0, 0.05) is 27.2 Å². The molecule has 10 heteroatoms. The minimum absolute atomic E-state index is 0.122. The number of carbonyl (C=O) groups excluding carboxylic acids is 2. The van der Waals surface area contributed by atoms with Crippen molar-refractivity contribution in [2.24, 2.45) is 0 Å². The van der Waals surface area contributed by atoms with E-state index in [9.17, 15) is 22.4 Å². The molecule has 2 rings (SSSR count). The molecule has 0 saturated heterocycles. The molecular formula is C22H29FN4O4S. The number of benzene rings is 2. The SMILES string of the molecule is CCNC(=O)C(C)N(Cc1ccccc1)C(=O)CN(c1ccc(F)cc1)S(=O)(=O)N(C)C. The average Bonchev–Trinajstić information content (AvgIpc) is 2.76. The smallest absolute Gasteiger partial charge is 0.304 e. The summed E-state index contributed by atoms with van der Waals surface area (Å²) in [5.74, 6) is -1.44. The van der Waals surface area contributed by atoms with Crippen LogP contribution in [-0.2, 0) is 26.3 Å². The highest BCUT2D eigenvalue weighted by molar-refractivity contribution is 7.90. The van der Waals surface area contributed by atoms with Gasteiger partial charge in [0.2, 0.25) is 11.8 Å². The van der Waals surface area contributed by atoms with Gasteiger partial charge in [0.1, 0.15) is 18.4 Å². The molecule has 0 spiro atoms. The number of hydrogen-bond donors (Lipinski definition) is 1. The van der Waals surface area contributed by atoms with E-state index in [-0.39, 0.29) is 18.1 Å². The molecule has 174 valence electrons. The Kier molecular flexibility index (Phi) is 8.73. The Morgan fingerprint density at radius 1 is 1.03 bits per heavy atom. The Morgan fingerprint density at radius 3 is 2.16 bits per heavy atom. The lowest BCUT2D eigenvalue weighted by Crippen LogP contribution is -2.52. The number of halogens is 1. The number of rotatable bonds is 10. The van der Waals surface area contributed by atoms with Crippen LogP contribution in [0, 0.1) is 5.82 Å². The van der Waals surface area contributed by atoms with Crippen molar-refractivity contribution in [2.45, 2.75) is 26.4 Å². The molecule has 0 aliphatic rings. The molecule has 2 aromatic carbocycles. The average molecular weight is 465 g/mol. The van der Waals surface area contributed by atoms with Crippen LogP contribution >= 0.6 is 0 Å². The lowest BCUT2D eigenvalue weighted by atomic mass is 10.1. The number of nitrogens with zero attached hydrogens (tertiary/aromatic N) is 3. The predicted molar refractivity (Wildman–Crippen MR) is 121 cm³/mol. The van der Waals surface area contributed by atoms with Gasteiger partial charge in [-0.1, -0.05) is 30.3 Å². The summed E-state index contributed by atoms with van der Waals surface area (Å²) in [6.45, 7) is 3.33. The second-order valence-corrected chi connectivity index (χ2v) is 9.42. The van der Waals surface area contributed by atoms with Crippen molar-refractivity contribution in [3.8, 4) is 0 Å². The number of nitrogens with one attached hydrogen (secondary N) is 1. The van der Waals surface area contributed by atoms with E-state index in [1.54, 1.807) is 13.8 Å². The Morgan fingerprint density at radius 2 is 1.62 bits per heavy atom. The van der Waals surface area contributed by atoms with E-state index in [1.165, 1.54) is 31.1 Å². The standard InChI is InChI=1S/C22H29FN4O4S/c1-5-24-22(29)17(2)26(15-18-9-7-6-8-10-18)21(28)16-27(32(30,31)25(3)4)20-13-11-19(23)12-14-20/h6-14,17H,5,15-16H2,1-4H3,(H,24,29). The van der Waals surface area contributed by atoms with Crippen molar-refractivity contribution in [1.82, 2.24) is 14.5 Å². The number of carbonyl (C=O) groups is 2. The minimum Gasteiger partial charge on any atom is -0.355 e. The molecule has 1 atom stereocenters. The van der Waals surface area contributed by atoms with E-state index in [2.05, 4.69) is 5.32 Å². The highest BCUT2D eigenvalue weighted by Gasteiger charge is 2.32. The van der Waals surface area contributed by atoms with E-state index < -0.39 is 34.5 Å². The van der Waals surface area contributed by atoms with Gasteiger partial charge in [0.25, 0.3) is 0 Å². The van der Waals surface area contributed by atoms with E-state index in [4.69, 9.17) is 0 Å². The van der Waals surface area contributed by atoms with Crippen LogP contribution in [-0.4, -0.2) is 62.7 Å². The van der Waals surface area contributed by atoms with Crippen molar-refractivity contribution in [1.29, 1.82) is 0 Å². The van der Waals surface area contributed by atoms with Crippen molar-refractivity contribution in [3.05, 3.63) is 66.0 Å². The first-order valence-electron chi connectivity index (χ1n) is 10.1. The Bertz CT molecular complexity index is 1010. The van der Waals surface area contributed by atoms with Crippen LogP contribution in [0.4, 0.5) is 10.1 Å². The molecule has 0 heterocycles. The molecule has 0 radical (unpaired) electrons. The molecule has 32 heavy (non-hydrogen) atoms. The maximum atomic E-state index is 13.4. The van der Waals surface area contributed by atoms with Crippen LogP contribution in [0.5, 0.6) is 0 Å². The van der Waals surface area contributed by atoms with Crippen molar-refractivity contribution < 1.29 is 22.4 Å². The van der Waals surface area contributed by atoms with E-state index in [0.717, 1.165) is 26.3 Å². The third-order valence-electron chi connectivity index (χ3n) is 4.85. The molecule has 1 N–H and O–H groups in total. The van der Waals surface area contributed by atoms with Crippen LogP contribution < -0.4 is 9.62 Å². The van der Waals surface area contributed by atoms with Crippen molar-refractivity contribution in [2.75, 3.05) is 31.5 Å². The van der Waals surface area contributed by atoms with Gasteiger partial charge in [0.05, 0.1) is 5.69 Å². The Hall–Kier alpha value is -2.98. The molecule has 0 aromatic heterocycles. The lowest BCUT2D eigenvalue weighted by Gasteiger charge is -2.32.